The van der Waals surface area contributed by atoms with E-state index in [9.17, 15) is 18.0 Å². The monoisotopic (exact) mass is 347 g/mol. The molecule has 0 aliphatic rings. The highest BCUT2D eigenvalue weighted by atomic mass is 19.4. The number of alkyl halides is 3. The zero-order valence-corrected chi connectivity index (χ0v) is 12.7. The highest BCUT2D eigenvalue weighted by Gasteiger charge is 2.30. The van der Waals surface area contributed by atoms with Gasteiger partial charge in [0.25, 0.3) is 0 Å². The zero-order chi connectivity index (χ0) is 17.9. The molecule has 2 aromatic carbocycles. The summed E-state index contributed by atoms with van der Waals surface area (Å²) in [6, 6.07) is 9.72. The van der Waals surface area contributed by atoms with Crippen LogP contribution in [-0.4, -0.2) is 15.9 Å². The Hall–Kier alpha value is -3.00. The normalized spacial score (nSPS) is 11.5. The minimum atomic E-state index is -4.42. The van der Waals surface area contributed by atoms with E-state index < -0.39 is 17.7 Å². The summed E-state index contributed by atoms with van der Waals surface area (Å²) < 4.78 is 38.0. The molecule has 1 N–H and O–H groups in total. The number of aromatic nitrogens is 2. The number of carbonyl (C=O) groups is 1. The summed E-state index contributed by atoms with van der Waals surface area (Å²) in [5, 5.41) is 0.676. The molecule has 0 radical (unpaired) electrons. The number of hydrogen-bond donors (Lipinski definition) is 1. The lowest BCUT2D eigenvalue weighted by atomic mass is 10.1. The number of rotatable bonds is 4. The van der Waals surface area contributed by atoms with Gasteiger partial charge in [-0.15, -0.1) is 5.48 Å². The minimum absolute atomic E-state index is 0.0601. The molecule has 0 aliphatic heterocycles. The molecule has 0 saturated heterocycles. The van der Waals surface area contributed by atoms with Gasteiger partial charge in [-0.2, -0.15) is 13.2 Å². The van der Waals surface area contributed by atoms with Crippen molar-refractivity contribution < 1.29 is 22.8 Å². The number of nitrogens with zero attached hydrogens (tertiary/aromatic N) is 2. The first-order valence-corrected chi connectivity index (χ1v) is 7.24. The minimum Gasteiger partial charge on any atom is -0.366 e. The van der Waals surface area contributed by atoms with Crippen molar-refractivity contribution in [3.63, 3.8) is 0 Å². The molecule has 25 heavy (non-hydrogen) atoms. The topological polar surface area (TPSA) is 64.1 Å². The fourth-order valence-corrected chi connectivity index (χ4v) is 2.28. The number of carbonyl (C=O) groups excluding carboxylic acids is 1. The van der Waals surface area contributed by atoms with Gasteiger partial charge in [-0.1, -0.05) is 30.3 Å². The van der Waals surface area contributed by atoms with E-state index in [1.807, 2.05) is 0 Å². The summed E-state index contributed by atoms with van der Waals surface area (Å²) in [6.45, 7) is -0.0601. The molecule has 0 aliphatic carbocycles. The van der Waals surface area contributed by atoms with Crippen LogP contribution in [0.4, 0.5) is 13.2 Å². The van der Waals surface area contributed by atoms with Crippen LogP contribution >= 0.6 is 0 Å². The number of nitrogens with one attached hydrogen (secondary N) is 1. The molecule has 0 bridgehead atoms. The molecule has 0 fully saturated rings. The van der Waals surface area contributed by atoms with E-state index in [0.29, 0.717) is 16.5 Å². The van der Waals surface area contributed by atoms with E-state index in [1.165, 1.54) is 18.5 Å². The molecular weight excluding hydrogens is 335 g/mol. The van der Waals surface area contributed by atoms with Crippen molar-refractivity contribution in [2.45, 2.75) is 12.7 Å². The molecule has 0 atom stereocenters. The largest absolute Gasteiger partial charge is 0.416 e. The first kappa shape index (κ1) is 16.8. The number of fused-ring (bicyclic) bond motifs is 1. The van der Waals surface area contributed by atoms with E-state index >= 15 is 0 Å². The molecule has 1 heterocycles. The van der Waals surface area contributed by atoms with Crippen LogP contribution < -0.4 is 5.48 Å². The highest BCUT2D eigenvalue weighted by molar-refractivity contribution is 6.02. The number of halogens is 3. The van der Waals surface area contributed by atoms with Crippen molar-refractivity contribution in [3.8, 4) is 0 Å². The SMILES string of the molecule is O=C(ONCc1cccc(C(F)(F)F)c1)c1cccc2cncnc12. The van der Waals surface area contributed by atoms with Crippen molar-refractivity contribution >= 4 is 16.9 Å². The Bertz CT molecular complexity index is 908. The molecule has 0 saturated carbocycles. The maximum Gasteiger partial charge on any atom is 0.416 e. The van der Waals surface area contributed by atoms with Crippen LogP contribution in [0.25, 0.3) is 10.9 Å². The van der Waals surface area contributed by atoms with Gasteiger partial charge in [0.1, 0.15) is 6.33 Å². The predicted octanol–water partition coefficient (Wildman–Crippen LogP) is 3.51. The second kappa shape index (κ2) is 6.86. The molecule has 8 heteroatoms. The van der Waals surface area contributed by atoms with E-state index in [0.717, 1.165) is 12.1 Å². The number of hydrogen-bond acceptors (Lipinski definition) is 5. The maximum absolute atomic E-state index is 12.7. The fraction of sp³-hybridized carbons (Fsp3) is 0.118. The van der Waals surface area contributed by atoms with Gasteiger partial charge in [0.15, 0.2) is 0 Å². The molecule has 128 valence electrons. The number of hydroxylamine groups is 1. The van der Waals surface area contributed by atoms with Gasteiger partial charge in [0, 0.05) is 11.6 Å². The van der Waals surface area contributed by atoms with Crippen molar-refractivity contribution in [1.82, 2.24) is 15.4 Å². The second-order valence-corrected chi connectivity index (χ2v) is 5.17. The Kier molecular flexibility index (Phi) is 4.62. The number of benzene rings is 2. The Morgan fingerprint density at radius 3 is 2.76 bits per heavy atom. The van der Waals surface area contributed by atoms with Crippen LogP contribution in [0.1, 0.15) is 21.5 Å². The van der Waals surface area contributed by atoms with Crippen LogP contribution in [-0.2, 0) is 17.6 Å². The maximum atomic E-state index is 12.7. The third-order valence-corrected chi connectivity index (χ3v) is 3.45. The summed E-state index contributed by atoms with van der Waals surface area (Å²) >= 11 is 0. The van der Waals surface area contributed by atoms with E-state index in [1.54, 1.807) is 24.4 Å². The van der Waals surface area contributed by atoms with Crippen LogP contribution in [0.3, 0.4) is 0 Å². The van der Waals surface area contributed by atoms with Crippen molar-refractivity contribution in [3.05, 3.63) is 71.7 Å². The van der Waals surface area contributed by atoms with Crippen molar-refractivity contribution in [1.29, 1.82) is 0 Å². The standard InChI is InChI=1S/C17H12F3N3O2/c18-17(19,20)13-5-1-3-11(7-13)8-23-25-16(24)14-6-2-4-12-9-21-10-22-15(12)14/h1-7,9-10,23H,8H2. The first-order chi connectivity index (χ1) is 11.9. The first-order valence-electron chi connectivity index (χ1n) is 7.24. The Labute approximate surface area is 140 Å². The highest BCUT2D eigenvalue weighted by Crippen LogP contribution is 2.29. The molecule has 5 nitrogen and oxygen atoms in total. The smallest absolute Gasteiger partial charge is 0.366 e. The van der Waals surface area contributed by atoms with Crippen LogP contribution in [0.5, 0.6) is 0 Å². The quantitative estimate of drug-likeness (QED) is 0.732. The molecule has 3 rings (SSSR count). The van der Waals surface area contributed by atoms with E-state index in [-0.39, 0.29) is 12.1 Å². The van der Waals surface area contributed by atoms with Gasteiger partial charge >= 0.3 is 12.1 Å². The van der Waals surface area contributed by atoms with Gasteiger partial charge in [-0.05, 0) is 17.7 Å². The lowest BCUT2D eigenvalue weighted by Gasteiger charge is -2.10. The lowest BCUT2D eigenvalue weighted by Crippen LogP contribution is -2.20. The molecule has 0 amide bonds. The average Bonchev–Trinajstić information content (AvgIpc) is 2.60. The molecule has 0 unspecified atom stereocenters. The Morgan fingerprint density at radius 1 is 1.16 bits per heavy atom. The molecular formula is C17H12F3N3O2. The summed E-state index contributed by atoms with van der Waals surface area (Å²) in [6.07, 6.45) is -1.54. The second-order valence-electron chi connectivity index (χ2n) is 5.17. The van der Waals surface area contributed by atoms with Gasteiger partial charge in [0.2, 0.25) is 0 Å². The third-order valence-electron chi connectivity index (χ3n) is 3.45. The van der Waals surface area contributed by atoms with Gasteiger partial charge in [-0.25, -0.2) is 14.8 Å². The average molecular weight is 347 g/mol. The fourth-order valence-electron chi connectivity index (χ4n) is 2.28. The van der Waals surface area contributed by atoms with Crippen LogP contribution in [0.15, 0.2) is 55.0 Å². The van der Waals surface area contributed by atoms with Crippen molar-refractivity contribution in [2.75, 3.05) is 0 Å². The number of para-hydroxylation sites is 1. The third kappa shape index (κ3) is 3.92. The van der Waals surface area contributed by atoms with Crippen LogP contribution in [0, 0.1) is 0 Å². The zero-order valence-electron chi connectivity index (χ0n) is 12.7. The summed E-state index contributed by atoms with van der Waals surface area (Å²) in [4.78, 5) is 25.0. The molecule has 1 aromatic heterocycles. The van der Waals surface area contributed by atoms with E-state index in [4.69, 9.17) is 4.84 Å². The van der Waals surface area contributed by atoms with Gasteiger partial charge in [-0.3, -0.25) is 0 Å². The van der Waals surface area contributed by atoms with Gasteiger partial charge in [0.05, 0.1) is 23.2 Å². The summed E-state index contributed by atoms with van der Waals surface area (Å²) in [5.41, 5.74) is 2.63. The van der Waals surface area contributed by atoms with Crippen LogP contribution in [0.2, 0.25) is 0 Å². The summed E-state index contributed by atoms with van der Waals surface area (Å²) in [7, 11) is 0. The molecule has 3 aromatic rings. The Morgan fingerprint density at radius 2 is 1.96 bits per heavy atom. The Balaban J connectivity index is 1.67. The molecule has 0 spiro atoms. The lowest BCUT2D eigenvalue weighted by molar-refractivity contribution is -0.137. The van der Waals surface area contributed by atoms with Crippen molar-refractivity contribution in [2.24, 2.45) is 0 Å². The summed E-state index contributed by atoms with van der Waals surface area (Å²) in [5.74, 6) is -0.684. The van der Waals surface area contributed by atoms with Gasteiger partial charge < -0.3 is 4.84 Å². The van der Waals surface area contributed by atoms with E-state index in [2.05, 4.69) is 15.4 Å². The predicted molar refractivity (Wildman–Crippen MR) is 83.2 cm³/mol.